The Morgan fingerprint density at radius 1 is 1.27 bits per heavy atom. The summed E-state index contributed by atoms with van der Waals surface area (Å²) in [6, 6.07) is 8.21. The summed E-state index contributed by atoms with van der Waals surface area (Å²) < 4.78 is 0. The van der Waals surface area contributed by atoms with Gasteiger partial charge in [0.25, 0.3) is 0 Å². The first-order valence-corrected chi connectivity index (χ1v) is 4.63. The fraction of sp³-hybridized carbons (Fsp3) is 0.273. The van der Waals surface area contributed by atoms with Crippen LogP contribution in [0, 0.1) is 0 Å². The average molecular weight is 207 g/mol. The molecule has 80 valence electrons. The first-order chi connectivity index (χ1) is 7.09. The number of hydrogen-bond acceptors (Lipinski definition) is 3. The number of rotatable bonds is 5. The minimum atomic E-state index is -1.05. The Kier molecular flexibility index (Phi) is 4.00. The van der Waals surface area contributed by atoms with Crippen molar-refractivity contribution in [3.63, 3.8) is 0 Å². The third-order valence-corrected chi connectivity index (χ3v) is 2.03. The van der Waals surface area contributed by atoms with Crippen molar-refractivity contribution in [3.8, 4) is 0 Å². The van der Waals surface area contributed by atoms with Gasteiger partial charge in [-0.1, -0.05) is 30.3 Å². The van der Waals surface area contributed by atoms with E-state index in [4.69, 9.17) is 10.8 Å². The number of ketones is 1. The number of nitrogens with two attached hydrogens (primary N) is 1. The van der Waals surface area contributed by atoms with Crippen molar-refractivity contribution in [2.45, 2.75) is 18.9 Å². The number of carbonyl (C=O) groups is 2. The highest BCUT2D eigenvalue weighted by Crippen LogP contribution is 2.02. The quantitative estimate of drug-likeness (QED) is 0.740. The molecule has 1 aromatic carbocycles. The minimum absolute atomic E-state index is 0.190. The van der Waals surface area contributed by atoms with Crippen molar-refractivity contribution in [2.24, 2.45) is 5.73 Å². The topological polar surface area (TPSA) is 80.4 Å². The molecule has 0 radical (unpaired) electrons. The van der Waals surface area contributed by atoms with Crippen molar-refractivity contribution < 1.29 is 14.7 Å². The molecular weight excluding hydrogens is 194 g/mol. The summed E-state index contributed by atoms with van der Waals surface area (Å²) in [5.74, 6) is -1.30. The summed E-state index contributed by atoms with van der Waals surface area (Å²) >= 11 is 0. The van der Waals surface area contributed by atoms with E-state index in [1.807, 2.05) is 30.3 Å². The molecule has 0 aromatic heterocycles. The van der Waals surface area contributed by atoms with Gasteiger partial charge in [0.1, 0.15) is 0 Å². The predicted octanol–water partition coefficient (Wildman–Crippen LogP) is 0.600. The van der Waals surface area contributed by atoms with E-state index in [9.17, 15) is 9.59 Å². The minimum Gasteiger partial charge on any atom is -0.481 e. The van der Waals surface area contributed by atoms with Gasteiger partial charge in [-0.25, -0.2) is 0 Å². The lowest BCUT2D eigenvalue weighted by atomic mass is 10.0. The van der Waals surface area contributed by atoms with E-state index in [1.54, 1.807) is 0 Å². The molecule has 0 amide bonds. The van der Waals surface area contributed by atoms with Gasteiger partial charge in [0.2, 0.25) is 0 Å². The molecule has 0 aliphatic heterocycles. The molecule has 0 aliphatic rings. The molecular formula is C11H13NO3. The van der Waals surface area contributed by atoms with E-state index in [1.165, 1.54) is 0 Å². The summed E-state index contributed by atoms with van der Waals surface area (Å²) in [4.78, 5) is 21.8. The highest BCUT2D eigenvalue weighted by molar-refractivity contribution is 5.89. The number of carbonyl (C=O) groups excluding carboxylic acids is 1. The fourth-order valence-corrected chi connectivity index (χ4v) is 1.23. The van der Waals surface area contributed by atoms with Gasteiger partial charge in [0.05, 0.1) is 12.5 Å². The lowest BCUT2D eigenvalue weighted by molar-refractivity contribution is -0.139. The third-order valence-electron chi connectivity index (χ3n) is 2.03. The van der Waals surface area contributed by atoms with E-state index in [0.717, 1.165) is 5.56 Å². The molecule has 0 saturated carbocycles. The van der Waals surface area contributed by atoms with E-state index in [0.29, 0.717) is 0 Å². The molecule has 4 nitrogen and oxygen atoms in total. The summed E-state index contributed by atoms with van der Waals surface area (Å²) in [6.45, 7) is 0. The highest BCUT2D eigenvalue weighted by atomic mass is 16.4. The van der Waals surface area contributed by atoms with E-state index in [2.05, 4.69) is 0 Å². The molecule has 0 bridgehead atoms. The monoisotopic (exact) mass is 207 g/mol. The van der Waals surface area contributed by atoms with E-state index >= 15 is 0 Å². The summed E-state index contributed by atoms with van der Waals surface area (Å²) in [5, 5.41) is 8.47. The lowest BCUT2D eigenvalue weighted by Gasteiger charge is -2.07. The van der Waals surface area contributed by atoms with Gasteiger partial charge in [-0.3, -0.25) is 9.59 Å². The Bertz CT molecular complexity index is 348. The van der Waals surface area contributed by atoms with Crippen LogP contribution in [0.4, 0.5) is 0 Å². The van der Waals surface area contributed by atoms with Crippen LogP contribution < -0.4 is 5.73 Å². The number of carboxylic acid groups (broad SMARTS) is 1. The average Bonchev–Trinajstić information content (AvgIpc) is 2.18. The Morgan fingerprint density at radius 3 is 2.40 bits per heavy atom. The van der Waals surface area contributed by atoms with Gasteiger partial charge < -0.3 is 10.8 Å². The SMILES string of the molecule is N[C@@H](CC(=O)O)C(=O)Cc1ccccc1. The molecule has 1 atom stereocenters. The Balaban J connectivity index is 2.52. The van der Waals surface area contributed by atoms with E-state index < -0.39 is 12.0 Å². The number of benzene rings is 1. The van der Waals surface area contributed by atoms with Crippen molar-refractivity contribution in [1.82, 2.24) is 0 Å². The van der Waals surface area contributed by atoms with Crippen molar-refractivity contribution >= 4 is 11.8 Å². The number of carboxylic acids is 1. The second kappa shape index (κ2) is 5.26. The maximum absolute atomic E-state index is 11.5. The summed E-state index contributed by atoms with van der Waals surface area (Å²) in [7, 11) is 0. The highest BCUT2D eigenvalue weighted by Gasteiger charge is 2.16. The van der Waals surface area contributed by atoms with Gasteiger partial charge in [-0.15, -0.1) is 0 Å². The maximum Gasteiger partial charge on any atom is 0.305 e. The normalized spacial score (nSPS) is 12.1. The Hall–Kier alpha value is -1.68. The van der Waals surface area contributed by atoms with Crippen LogP contribution in [0.2, 0.25) is 0 Å². The standard InChI is InChI=1S/C11H13NO3/c12-9(7-11(14)15)10(13)6-8-4-2-1-3-5-8/h1-5,9H,6-7,12H2,(H,14,15)/t9-/m0/s1. The molecule has 0 fully saturated rings. The van der Waals surface area contributed by atoms with Crippen LogP contribution in [0.1, 0.15) is 12.0 Å². The molecule has 3 N–H and O–H groups in total. The molecule has 0 spiro atoms. The number of aliphatic carboxylic acids is 1. The van der Waals surface area contributed by atoms with Gasteiger partial charge in [-0.05, 0) is 5.56 Å². The van der Waals surface area contributed by atoms with Crippen molar-refractivity contribution in [1.29, 1.82) is 0 Å². The van der Waals surface area contributed by atoms with Crippen LogP contribution in [-0.2, 0) is 16.0 Å². The van der Waals surface area contributed by atoms with Crippen molar-refractivity contribution in [3.05, 3.63) is 35.9 Å². The Morgan fingerprint density at radius 2 is 1.87 bits per heavy atom. The molecule has 15 heavy (non-hydrogen) atoms. The molecule has 0 heterocycles. The largest absolute Gasteiger partial charge is 0.481 e. The first kappa shape index (κ1) is 11.4. The molecule has 1 aromatic rings. The fourth-order valence-electron chi connectivity index (χ4n) is 1.23. The zero-order chi connectivity index (χ0) is 11.3. The van der Waals surface area contributed by atoms with Gasteiger partial charge in [-0.2, -0.15) is 0 Å². The zero-order valence-electron chi connectivity index (χ0n) is 8.22. The van der Waals surface area contributed by atoms with Crippen LogP contribution >= 0.6 is 0 Å². The molecule has 0 unspecified atom stereocenters. The van der Waals surface area contributed by atoms with Crippen molar-refractivity contribution in [2.75, 3.05) is 0 Å². The summed E-state index contributed by atoms with van der Waals surface area (Å²) in [5.41, 5.74) is 6.29. The molecule has 0 saturated heterocycles. The zero-order valence-corrected chi connectivity index (χ0v) is 8.22. The molecule has 4 heteroatoms. The third kappa shape index (κ3) is 3.91. The van der Waals surface area contributed by atoms with Crippen LogP contribution in [0.5, 0.6) is 0 Å². The first-order valence-electron chi connectivity index (χ1n) is 4.63. The van der Waals surface area contributed by atoms with E-state index in [-0.39, 0.29) is 18.6 Å². The van der Waals surface area contributed by atoms with Crippen LogP contribution in [0.3, 0.4) is 0 Å². The summed E-state index contributed by atoms with van der Waals surface area (Å²) in [6.07, 6.45) is -0.124. The second-order valence-corrected chi connectivity index (χ2v) is 3.33. The van der Waals surface area contributed by atoms with Crippen LogP contribution in [0.15, 0.2) is 30.3 Å². The van der Waals surface area contributed by atoms with Gasteiger partial charge >= 0.3 is 5.97 Å². The molecule has 1 rings (SSSR count). The van der Waals surface area contributed by atoms with Gasteiger partial charge in [0.15, 0.2) is 5.78 Å². The number of Topliss-reactive ketones (excluding diaryl/α,β-unsaturated/α-hetero) is 1. The lowest BCUT2D eigenvalue weighted by Crippen LogP contribution is -2.34. The second-order valence-electron chi connectivity index (χ2n) is 3.33. The molecule has 0 aliphatic carbocycles. The van der Waals surface area contributed by atoms with Crippen LogP contribution in [-0.4, -0.2) is 22.9 Å². The smallest absolute Gasteiger partial charge is 0.305 e. The maximum atomic E-state index is 11.5. The Labute approximate surface area is 87.7 Å². The predicted molar refractivity (Wildman–Crippen MR) is 55.4 cm³/mol. The van der Waals surface area contributed by atoms with Crippen LogP contribution in [0.25, 0.3) is 0 Å². The van der Waals surface area contributed by atoms with Gasteiger partial charge in [0, 0.05) is 6.42 Å². The number of hydrogen-bond donors (Lipinski definition) is 2.